The first kappa shape index (κ1) is 21.3. The zero-order valence-electron chi connectivity index (χ0n) is 15.3. The summed E-state index contributed by atoms with van der Waals surface area (Å²) in [4.78, 5) is 19.7. The number of aromatic hydroxyl groups is 1. The van der Waals surface area contributed by atoms with E-state index in [2.05, 4.69) is 36.9 Å². The van der Waals surface area contributed by atoms with Crippen LogP contribution in [0, 0.1) is 0 Å². The Bertz CT molecular complexity index is 776. The van der Waals surface area contributed by atoms with Gasteiger partial charge in [0.15, 0.2) is 16.7 Å². The van der Waals surface area contributed by atoms with Gasteiger partial charge in [-0.05, 0) is 95.9 Å². The second-order valence-electron chi connectivity index (χ2n) is 6.26. The lowest BCUT2D eigenvalue weighted by atomic mass is 10.1. The van der Waals surface area contributed by atoms with Crippen LogP contribution < -0.4 is 4.74 Å². The van der Waals surface area contributed by atoms with E-state index < -0.39 is 0 Å². The molecule has 1 aromatic carbocycles. The van der Waals surface area contributed by atoms with E-state index in [1.54, 1.807) is 17.0 Å². The number of amidine groups is 1. The Balaban J connectivity index is 2.51. The number of hydrogen-bond acceptors (Lipinski definition) is 5. The highest BCUT2D eigenvalue weighted by atomic mass is 79.9. The summed E-state index contributed by atoms with van der Waals surface area (Å²) in [5, 5.41) is 10.9. The Hall–Kier alpha value is -0.990. The van der Waals surface area contributed by atoms with Crippen LogP contribution in [0.5, 0.6) is 11.5 Å². The van der Waals surface area contributed by atoms with Crippen LogP contribution in [0.2, 0.25) is 0 Å². The van der Waals surface area contributed by atoms with Crippen LogP contribution in [0.3, 0.4) is 0 Å². The largest absolute Gasteiger partial charge is 0.503 e. The average Bonchev–Trinajstić information content (AvgIpc) is 2.84. The van der Waals surface area contributed by atoms with Gasteiger partial charge in [0.05, 0.1) is 16.0 Å². The van der Waals surface area contributed by atoms with Crippen molar-refractivity contribution in [1.29, 1.82) is 0 Å². The summed E-state index contributed by atoms with van der Waals surface area (Å²) in [6.45, 7) is 10.2. The molecule has 0 radical (unpaired) electrons. The molecule has 8 heteroatoms. The predicted octanol–water partition coefficient (Wildman–Crippen LogP) is 5.41. The van der Waals surface area contributed by atoms with Crippen LogP contribution in [0.4, 0.5) is 0 Å². The number of hydrogen-bond donors (Lipinski definition) is 1. The second kappa shape index (κ2) is 8.80. The Morgan fingerprint density at radius 2 is 1.96 bits per heavy atom. The number of nitrogens with zero attached hydrogens (tertiary/aromatic N) is 2. The quantitative estimate of drug-likeness (QED) is 0.544. The number of benzene rings is 1. The maximum atomic E-state index is 12.9. The molecule has 142 valence electrons. The third-order valence-corrected chi connectivity index (χ3v) is 6.64. The summed E-state index contributed by atoms with van der Waals surface area (Å²) in [7, 11) is 0. The van der Waals surface area contributed by atoms with Crippen molar-refractivity contribution in [2.24, 2.45) is 4.99 Å². The minimum absolute atomic E-state index is 0.0207. The van der Waals surface area contributed by atoms with Crippen molar-refractivity contribution < 1.29 is 14.6 Å². The zero-order chi connectivity index (χ0) is 19.6. The minimum Gasteiger partial charge on any atom is -0.503 e. The molecule has 0 bridgehead atoms. The molecule has 26 heavy (non-hydrogen) atoms. The van der Waals surface area contributed by atoms with Gasteiger partial charge in [0, 0.05) is 16.6 Å². The van der Waals surface area contributed by atoms with E-state index in [-0.39, 0.29) is 23.7 Å². The monoisotopic (exact) mass is 504 g/mol. The molecule has 0 unspecified atom stereocenters. The number of halogens is 2. The normalized spacial score (nSPS) is 18.0. The molecular formula is C18H22Br2N2O3S. The van der Waals surface area contributed by atoms with Crippen LogP contribution in [0.15, 0.2) is 24.9 Å². The Kier molecular flexibility index (Phi) is 7.21. The molecule has 1 fully saturated rings. The molecule has 1 aliphatic heterocycles. The van der Waals surface area contributed by atoms with Gasteiger partial charge in [-0.1, -0.05) is 0 Å². The Labute approximate surface area is 175 Å². The molecular weight excluding hydrogens is 484 g/mol. The van der Waals surface area contributed by atoms with Crippen molar-refractivity contribution in [2.45, 2.75) is 46.7 Å². The van der Waals surface area contributed by atoms with Crippen LogP contribution in [0.25, 0.3) is 6.08 Å². The number of aliphatic imine (C=N–C) groups is 1. The van der Waals surface area contributed by atoms with Gasteiger partial charge in [-0.25, -0.2) is 0 Å². The summed E-state index contributed by atoms with van der Waals surface area (Å²) in [6.07, 6.45) is 1.79. The van der Waals surface area contributed by atoms with Gasteiger partial charge >= 0.3 is 0 Å². The second-order valence-corrected chi connectivity index (χ2v) is 8.85. The molecule has 1 aliphatic rings. The zero-order valence-corrected chi connectivity index (χ0v) is 19.3. The molecule has 0 aliphatic carbocycles. The molecule has 1 heterocycles. The third-order valence-electron chi connectivity index (χ3n) is 3.48. The van der Waals surface area contributed by atoms with Crippen molar-refractivity contribution in [2.75, 3.05) is 6.61 Å². The van der Waals surface area contributed by atoms with E-state index in [0.29, 0.717) is 31.4 Å². The molecule has 1 saturated heterocycles. The molecule has 1 N–H and O–H groups in total. The summed E-state index contributed by atoms with van der Waals surface area (Å²) < 4.78 is 6.63. The van der Waals surface area contributed by atoms with Gasteiger partial charge in [-0.15, -0.1) is 0 Å². The van der Waals surface area contributed by atoms with E-state index in [1.807, 2.05) is 34.6 Å². The fourth-order valence-electron chi connectivity index (χ4n) is 2.38. The summed E-state index contributed by atoms with van der Waals surface area (Å²) in [5.41, 5.74) is 0.739. The van der Waals surface area contributed by atoms with Crippen LogP contribution >= 0.6 is 43.6 Å². The molecule has 0 saturated carbocycles. The van der Waals surface area contributed by atoms with Gasteiger partial charge in [-0.3, -0.25) is 14.7 Å². The number of phenolic OH excluding ortho intramolecular Hbond substituents is 1. The average molecular weight is 506 g/mol. The van der Waals surface area contributed by atoms with E-state index in [1.165, 1.54) is 11.8 Å². The predicted molar refractivity (Wildman–Crippen MR) is 115 cm³/mol. The summed E-state index contributed by atoms with van der Waals surface area (Å²) >= 11 is 8.20. The fraction of sp³-hybridized carbons (Fsp3) is 0.444. The Morgan fingerprint density at radius 3 is 2.50 bits per heavy atom. The van der Waals surface area contributed by atoms with E-state index in [4.69, 9.17) is 4.74 Å². The SMILES string of the molecule is CCOc1cc(/C=C2/SC(=NC(C)C)N(C(C)C)C2=O)c(Br)c(Br)c1O. The molecule has 0 atom stereocenters. The van der Waals surface area contributed by atoms with Gasteiger partial charge in [0.2, 0.25) is 0 Å². The van der Waals surface area contributed by atoms with Gasteiger partial charge < -0.3 is 9.84 Å². The van der Waals surface area contributed by atoms with Crippen molar-refractivity contribution in [3.05, 3.63) is 25.5 Å². The molecule has 0 spiro atoms. The van der Waals surface area contributed by atoms with Crippen LogP contribution in [0.1, 0.15) is 40.2 Å². The first-order valence-corrected chi connectivity index (χ1v) is 10.7. The standard InChI is InChI=1S/C18H22Br2N2O3S/c1-6-25-12-7-11(14(19)15(20)16(12)23)8-13-17(24)22(10(4)5)18(26-13)21-9(2)3/h7-10,23H,6H2,1-5H3/b13-8+,21-18?. The van der Waals surface area contributed by atoms with Crippen molar-refractivity contribution >= 4 is 60.8 Å². The number of ether oxygens (including phenoxy) is 1. The lowest BCUT2D eigenvalue weighted by Crippen LogP contribution is -2.35. The number of phenols is 1. The van der Waals surface area contributed by atoms with Crippen molar-refractivity contribution in [3.8, 4) is 11.5 Å². The van der Waals surface area contributed by atoms with Crippen LogP contribution in [-0.4, -0.2) is 39.8 Å². The highest BCUT2D eigenvalue weighted by Gasteiger charge is 2.35. The molecule has 0 aromatic heterocycles. The molecule has 1 amide bonds. The van der Waals surface area contributed by atoms with Crippen molar-refractivity contribution in [3.63, 3.8) is 0 Å². The summed E-state index contributed by atoms with van der Waals surface area (Å²) in [5.74, 6) is 0.317. The smallest absolute Gasteiger partial charge is 0.266 e. The lowest BCUT2D eigenvalue weighted by molar-refractivity contribution is -0.123. The summed E-state index contributed by atoms with van der Waals surface area (Å²) in [6, 6.07) is 1.84. The molecule has 1 aromatic rings. The van der Waals surface area contributed by atoms with Crippen molar-refractivity contribution in [1.82, 2.24) is 4.90 Å². The minimum atomic E-state index is -0.0709. The number of carbonyl (C=O) groups excluding carboxylic acids is 1. The fourth-order valence-corrected chi connectivity index (χ4v) is 4.44. The maximum absolute atomic E-state index is 12.9. The Morgan fingerprint density at radius 1 is 1.31 bits per heavy atom. The first-order chi connectivity index (χ1) is 12.2. The lowest BCUT2D eigenvalue weighted by Gasteiger charge is -2.20. The highest BCUT2D eigenvalue weighted by Crippen LogP contribution is 2.44. The molecule has 2 rings (SSSR count). The van der Waals surface area contributed by atoms with Gasteiger partial charge in [-0.2, -0.15) is 0 Å². The highest BCUT2D eigenvalue weighted by molar-refractivity contribution is 9.13. The number of rotatable bonds is 5. The van der Waals surface area contributed by atoms with E-state index in [9.17, 15) is 9.90 Å². The maximum Gasteiger partial charge on any atom is 0.266 e. The van der Waals surface area contributed by atoms with E-state index in [0.717, 1.165) is 5.56 Å². The number of thioether (sulfide) groups is 1. The van der Waals surface area contributed by atoms with Gasteiger partial charge in [0.1, 0.15) is 0 Å². The third kappa shape index (κ3) is 4.46. The topological polar surface area (TPSA) is 62.1 Å². The number of carbonyl (C=O) groups is 1. The van der Waals surface area contributed by atoms with E-state index >= 15 is 0 Å². The number of amides is 1. The van der Waals surface area contributed by atoms with Crippen LogP contribution in [-0.2, 0) is 4.79 Å². The van der Waals surface area contributed by atoms with Gasteiger partial charge in [0.25, 0.3) is 5.91 Å². The first-order valence-electron chi connectivity index (χ1n) is 8.32. The molecule has 5 nitrogen and oxygen atoms in total.